The summed E-state index contributed by atoms with van der Waals surface area (Å²) in [5.74, 6) is 1.81. The van der Waals surface area contributed by atoms with E-state index in [0.29, 0.717) is 0 Å². The van der Waals surface area contributed by atoms with E-state index in [1.54, 1.807) is 12.5 Å². The monoisotopic (exact) mass is 232 g/mol. The lowest BCUT2D eigenvalue weighted by Gasteiger charge is -2.07. The van der Waals surface area contributed by atoms with E-state index < -0.39 is 0 Å². The first kappa shape index (κ1) is 11.4. The average molecular weight is 232 g/mol. The Labute approximate surface area is 100 Å². The summed E-state index contributed by atoms with van der Waals surface area (Å²) in [7, 11) is 1.94. The minimum absolute atomic E-state index is 0.756. The molecule has 2 rings (SSSR count). The van der Waals surface area contributed by atoms with Crippen molar-refractivity contribution in [1.29, 1.82) is 0 Å². The number of nitrogens with one attached hydrogen (secondary N) is 1. The molecule has 0 saturated carbocycles. The molecule has 0 aliphatic rings. The third-order valence-electron chi connectivity index (χ3n) is 2.48. The summed E-state index contributed by atoms with van der Waals surface area (Å²) in [4.78, 5) is 4.24. The van der Waals surface area contributed by atoms with Gasteiger partial charge in [0, 0.05) is 39.0 Å². The first-order valence-corrected chi connectivity index (χ1v) is 5.50. The van der Waals surface area contributed by atoms with Crippen molar-refractivity contribution in [2.75, 3.05) is 11.9 Å². The summed E-state index contributed by atoms with van der Waals surface area (Å²) in [6, 6.07) is 0. The van der Waals surface area contributed by atoms with Crippen molar-refractivity contribution < 1.29 is 0 Å². The quantitative estimate of drug-likeness (QED) is 0.750. The van der Waals surface area contributed by atoms with Gasteiger partial charge in [0.15, 0.2) is 0 Å². The zero-order chi connectivity index (χ0) is 12.1. The summed E-state index contributed by atoms with van der Waals surface area (Å²) in [6.07, 6.45) is 8.06. The molecule has 6 nitrogen and oxygen atoms in total. The van der Waals surface area contributed by atoms with Gasteiger partial charge in [-0.05, 0) is 0 Å². The van der Waals surface area contributed by atoms with Crippen LogP contribution in [0.3, 0.4) is 0 Å². The van der Waals surface area contributed by atoms with Gasteiger partial charge in [-0.1, -0.05) is 6.08 Å². The topological polar surface area (TPSA) is 60.6 Å². The molecule has 17 heavy (non-hydrogen) atoms. The van der Waals surface area contributed by atoms with Gasteiger partial charge in [-0.2, -0.15) is 0 Å². The second-order valence-corrected chi connectivity index (χ2v) is 3.73. The Morgan fingerprint density at radius 2 is 2.41 bits per heavy atom. The van der Waals surface area contributed by atoms with Crippen LogP contribution in [0.15, 0.2) is 31.4 Å². The van der Waals surface area contributed by atoms with Crippen molar-refractivity contribution in [3.8, 4) is 0 Å². The van der Waals surface area contributed by atoms with Gasteiger partial charge in [0.25, 0.3) is 0 Å². The lowest BCUT2D eigenvalue weighted by Crippen LogP contribution is -2.12. The summed E-state index contributed by atoms with van der Waals surface area (Å²) in [6.45, 7) is 5.25. The molecule has 0 saturated heterocycles. The van der Waals surface area contributed by atoms with E-state index >= 15 is 0 Å². The second-order valence-electron chi connectivity index (χ2n) is 3.73. The standard InChI is InChI=1S/C11H16N6/c1-3-7-17-8-6-13-11(17)12-5-4-10-15-14-9-16(10)2/h3,6,8-9H,1,4-5,7H2,2H3,(H,12,13). The zero-order valence-corrected chi connectivity index (χ0v) is 9.87. The summed E-state index contributed by atoms with van der Waals surface area (Å²) in [5, 5.41) is 11.1. The van der Waals surface area contributed by atoms with Crippen LogP contribution in [-0.2, 0) is 20.0 Å². The van der Waals surface area contributed by atoms with Crippen LogP contribution in [0.25, 0.3) is 0 Å². The van der Waals surface area contributed by atoms with Crippen LogP contribution in [0, 0.1) is 0 Å². The predicted octanol–water partition coefficient (Wildman–Crippen LogP) is 0.852. The van der Waals surface area contributed by atoms with Gasteiger partial charge in [0.2, 0.25) is 5.95 Å². The van der Waals surface area contributed by atoms with Gasteiger partial charge < -0.3 is 14.5 Å². The molecular formula is C11H16N6. The Bertz CT molecular complexity index is 484. The number of imidazole rings is 1. The molecule has 6 heteroatoms. The SMILES string of the molecule is C=CCn1ccnc1NCCc1nncn1C. The van der Waals surface area contributed by atoms with Crippen LogP contribution < -0.4 is 5.32 Å². The highest BCUT2D eigenvalue weighted by Gasteiger charge is 2.02. The maximum absolute atomic E-state index is 4.24. The van der Waals surface area contributed by atoms with Gasteiger partial charge in [-0.25, -0.2) is 4.98 Å². The maximum Gasteiger partial charge on any atom is 0.203 e. The first-order valence-electron chi connectivity index (χ1n) is 5.50. The molecule has 0 aliphatic carbocycles. The molecule has 0 unspecified atom stereocenters. The molecule has 2 aromatic rings. The Hall–Kier alpha value is -2.11. The summed E-state index contributed by atoms with van der Waals surface area (Å²) in [5.41, 5.74) is 0. The smallest absolute Gasteiger partial charge is 0.203 e. The maximum atomic E-state index is 4.24. The minimum Gasteiger partial charge on any atom is -0.355 e. The number of aryl methyl sites for hydroxylation is 1. The molecule has 2 heterocycles. The predicted molar refractivity (Wildman–Crippen MR) is 65.6 cm³/mol. The van der Waals surface area contributed by atoms with Crippen LogP contribution in [0.4, 0.5) is 5.95 Å². The van der Waals surface area contributed by atoms with Gasteiger partial charge in [-0.15, -0.1) is 16.8 Å². The number of allylic oxidation sites excluding steroid dienone is 1. The number of aromatic nitrogens is 5. The number of rotatable bonds is 6. The normalized spacial score (nSPS) is 10.4. The van der Waals surface area contributed by atoms with Crippen LogP contribution in [-0.4, -0.2) is 30.9 Å². The minimum atomic E-state index is 0.756. The molecule has 1 N–H and O–H groups in total. The Balaban J connectivity index is 1.87. The highest BCUT2D eigenvalue weighted by molar-refractivity contribution is 5.26. The Morgan fingerprint density at radius 1 is 1.53 bits per heavy atom. The lowest BCUT2D eigenvalue weighted by molar-refractivity contribution is 0.772. The fourth-order valence-electron chi connectivity index (χ4n) is 1.58. The second kappa shape index (κ2) is 5.29. The average Bonchev–Trinajstić information content (AvgIpc) is 2.90. The van der Waals surface area contributed by atoms with E-state index in [1.807, 2.05) is 28.5 Å². The number of hydrogen-bond acceptors (Lipinski definition) is 4. The van der Waals surface area contributed by atoms with Crippen molar-refractivity contribution in [1.82, 2.24) is 24.3 Å². The lowest BCUT2D eigenvalue weighted by atomic mass is 10.4. The molecule has 0 bridgehead atoms. The largest absolute Gasteiger partial charge is 0.355 e. The van der Waals surface area contributed by atoms with Crippen LogP contribution in [0.1, 0.15) is 5.82 Å². The summed E-state index contributed by atoms with van der Waals surface area (Å²) < 4.78 is 3.92. The van der Waals surface area contributed by atoms with Crippen molar-refractivity contribution in [2.45, 2.75) is 13.0 Å². The molecule has 0 fully saturated rings. The fraction of sp³-hybridized carbons (Fsp3) is 0.364. The third kappa shape index (κ3) is 2.72. The van der Waals surface area contributed by atoms with Crippen LogP contribution >= 0.6 is 0 Å². The number of nitrogens with zero attached hydrogens (tertiary/aromatic N) is 5. The highest BCUT2D eigenvalue weighted by Crippen LogP contribution is 2.04. The third-order valence-corrected chi connectivity index (χ3v) is 2.48. The van der Waals surface area contributed by atoms with Gasteiger partial charge >= 0.3 is 0 Å². The molecule has 0 spiro atoms. The van der Waals surface area contributed by atoms with Gasteiger partial charge in [0.05, 0.1) is 0 Å². The van der Waals surface area contributed by atoms with Crippen LogP contribution in [0.5, 0.6) is 0 Å². The van der Waals surface area contributed by atoms with Crippen molar-refractivity contribution in [3.63, 3.8) is 0 Å². The van der Waals surface area contributed by atoms with Crippen molar-refractivity contribution >= 4 is 5.95 Å². The zero-order valence-electron chi connectivity index (χ0n) is 9.87. The van der Waals surface area contributed by atoms with Crippen molar-refractivity contribution in [2.24, 2.45) is 7.05 Å². The van der Waals surface area contributed by atoms with Crippen molar-refractivity contribution in [3.05, 3.63) is 37.2 Å². The molecule has 0 atom stereocenters. The molecule has 90 valence electrons. The van der Waals surface area contributed by atoms with E-state index in [-0.39, 0.29) is 0 Å². The summed E-state index contributed by atoms with van der Waals surface area (Å²) >= 11 is 0. The molecule has 0 amide bonds. The van der Waals surface area contributed by atoms with Crippen LogP contribution in [0.2, 0.25) is 0 Å². The van der Waals surface area contributed by atoms with Gasteiger partial charge in [-0.3, -0.25) is 0 Å². The van der Waals surface area contributed by atoms with E-state index in [1.165, 1.54) is 0 Å². The molecule has 0 aromatic carbocycles. The van der Waals surface area contributed by atoms with Gasteiger partial charge in [0.1, 0.15) is 12.2 Å². The first-order chi connectivity index (χ1) is 8.31. The van der Waals surface area contributed by atoms with E-state index in [4.69, 9.17) is 0 Å². The molecular weight excluding hydrogens is 216 g/mol. The molecule has 0 aliphatic heterocycles. The number of hydrogen-bond donors (Lipinski definition) is 1. The van der Waals surface area contributed by atoms with E-state index in [9.17, 15) is 0 Å². The number of anilines is 1. The Morgan fingerprint density at radius 3 is 3.12 bits per heavy atom. The molecule has 2 aromatic heterocycles. The molecule has 0 radical (unpaired) electrons. The fourth-order valence-corrected chi connectivity index (χ4v) is 1.58. The highest BCUT2D eigenvalue weighted by atomic mass is 15.3. The van der Waals surface area contributed by atoms with E-state index in [2.05, 4.69) is 27.1 Å². The van der Waals surface area contributed by atoms with E-state index in [0.717, 1.165) is 31.3 Å². The Kier molecular flexibility index (Phi) is 3.54.